The number of carbonyl (C=O) groups excluding carboxylic acids is 1. The van der Waals surface area contributed by atoms with Crippen molar-refractivity contribution < 1.29 is 13.2 Å². The molecule has 0 radical (unpaired) electrons. The average Bonchev–Trinajstić information content (AvgIpc) is 3.35. The zero-order chi connectivity index (χ0) is 22.2. The van der Waals surface area contributed by atoms with E-state index in [4.69, 9.17) is 11.6 Å². The molecule has 1 atom stereocenters. The van der Waals surface area contributed by atoms with E-state index >= 15 is 0 Å². The zero-order valence-corrected chi connectivity index (χ0v) is 22.3. The number of aryl methyl sites for hydroxylation is 1. The minimum absolute atomic E-state index is 0. The molecule has 1 aliphatic rings. The van der Waals surface area contributed by atoms with Crippen molar-refractivity contribution in [1.82, 2.24) is 9.55 Å². The summed E-state index contributed by atoms with van der Waals surface area (Å²) in [6, 6.07) is 6.46. The van der Waals surface area contributed by atoms with Crippen LogP contribution < -0.4 is 9.70 Å². The van der Waals surface area contributed by atoms with Crippen LogP contribution in [0.5, 0.6) is 0 Å². The number of H-pyrrole nitrogens is 1. The van der Waals surface area contributed by atoms with Crippen LogP contribution in [0.2, 0.25) is 5.02 Å². The monoisotopic (exact) mass is 552 g/mol. The van der Waals surface area contributed by atoms with Crippen LogP contribution >= 0.6 is 47.8 Å². The number of rotatable bonds is 6. The maximum absolute atomic E-state index is 13.1. The van der Waals surface area contributed by atoms with Gasteiger partial charge in [-0.05, 0) is 43.5 Å². The van der Waals surface area contributed by atoms with E-state index < -0.39 is 9.84 Å². The molecule has 1 aromatic carbocycles. The fourth-order valence-corrected chi connectivity index (χ4v) is 6.50. The number of Topliss-reactive ketones (excluding diaryl/α,β-unsaturated/α-hetero) is 1. The fraction of sp³-hybridized carbons (Fsp3) is 0.429. The van der Waals surface area contributed by atoms with E-state index in [-0.39, 0.29) is 53.8 Å². The zero-order valence-electron chi connectivity index (χ0n) is 18.3. The molecule has 1 unspecified atom stereocenters. The van der Waals surface area contributed by atoms with E-state index in [1.165, 1.54) is 0 Å². The first-order chi connectivity index (χ1) is 14.8. The summed E-state index contributed by atoms with van der Waals surface area (Å²) in [6.45, 7) is 0.787. The largest absolute Gasteiger partial charge is 0.352 e. The first kappa shape index (κ1) is 27.7. The molecule has 0 spiro atoms. The van der Waals surface area contributed by atoms with Crippen LogP contribution in [-0.4, -0.2) is 49.1 Å². The predicted octanol–water partition coefficient (Wildman–Crippen LogP) is 4.39. The quantitative estimate of drug-likeness (QED) is 0.490. The summed E-state index contributed by atoms with van der Waals surface area (Å²) in [6.07, 6.45) is 4.70. The van der Waals surface area contributed by atoms with Gasteiger partial charge in [0.1, 0.15) is 10.0 Å². The van der Waals surface area contributed by atoms with Crippen LogP contribution in [0.15, 0.2) is 40.5 Å². The predicted molar refractivity (Wildman–Crippen MR) is 139 cm³/mol. The SMILES string of the molecule is CN=c1sc(N2CCCCC2C(=O)CCS(=O)(=O)c2cc3cc(Cl)ccc3[nH]2)cn1C.Cl.Cl. The van der Waals surface area contributed by atoms with Crippen molar-refractivity contribution in [3.63, 3.8) is 0 Å². The number of ketones is 1. The lowest BCUT2D eigenvalue weighted by Gasteiger charge is -2.35. The van der Waals surface area contributed by atoms with E-state index in [0.29, 0.717) is 10.5 Å². The van der Waals surface area contributed by atoms with Crippen LogP contribution in [0.1, 0.15) is 25.7 Å². The van der Waals surface area contributed by atoms with Gasteiger partial charge in [-0.1, -0.05) is 22.9 Å². The van der Waals surface area contributed by atoms with Crippen molar-refractivity contribution in [2.75, 3.05) is 24.2 Å². The highest BCUT2D eigenvalue weighted by Crippen LogP contribution is 2.28. The van der Waals surface area contributed by atoms with E-state index in [2.05, 4.69) is 14.9 Å². The summed E-state index contributed by atoms with van der Waals surface area (Å²) in [7, 11) is 0.0692. The maximum atomic E-state index is 13.1. The highest BCUT2D eigenvalue weighted by Gasteiger charge is 2.31. The van der Waals surface area contributed by atoms with Crippen molar-refractivity contribution >= 4 is 79.3 Å². The maximum Gasteiger partial charge on any atom is 0.194 e. The lowest BCUT2D eigenvalue weighted by atomic mass is 9.97. The Bertz CT molecular complexity index is 1300. The van der Waals surface area contributed by atoms with Gasteiger partial charge in [0.15, 0.2) is 20.4 Å². The minimum Gasteiger partial charge on any atom is -0.352 e. The molecular formula is C21H27Cl3N4O3S2. The van der Waals surface area contributed by atoms with Crippen molar-refractivity contribution in [3.8, 4) is 0 Å². The van der Waals surface area contributed by atoms with Gasteiger partial charge in [-0.25, -0.2) is 8.42 Å². The minimum atomic E-state index is -3.61. The number of sulfone groups is 1. The normalized spacial score (nSPS) is 17.0. The van der Waals surface area contributed by atoms with E-state index in [0.717, 1.165) is 41.0 Å². The molecule has 1 fully saturated rings. The summed E-state index contributed by atoms with van der Waals surface area (Å²) in [4.78, 5) is 23.3. The number of hydrogen-bond acceptors (Lipinski definition) is 6. The molecular weight excluding hydrogens is 527 g/mol. The summed E-state index contributed by atoms with van der Waals surface area (Å²) in [5.41, 5.74) is 0.704. The number of benzene rings is 1. The van der Waals surface area contributed by atoms with Gasteiger partial charge in [0.05, 0.1) is 11.8 Å². The Morgan fingerprint density at radius 2 is 2.03 bits per heavy atom. The van der Waals surface area contributed by atoms with Crippen LogP contribution in [0.4, 0.5) is 5.00 Å². The van der Waals surface area contributed by atoms with Gasteiger partial charge < -0.3 is 14.5 Å². The van der Waals surface area contributed by atoms with Crippen molar-refractivity contribution in [2.45, 2.75) is 36.8 Å². The van der Waals surface area contributed by atoms with Gasteiger partial charge in [0.2, 0.25) is 0 Å². The van der Waals surface area contributed by atoms with Gasteiger partial charge >= 0.3 is 0 Å². The van der Waals surface area contributed by atoms with Crippen molar-refractivity contribution in [3.05, 3.63) is 40.3 Å². The lowest BCUT2D eigenvalue weighted by molar-refractivity contribution is -0.120. The van der Waals surface area contributed by atoms with Crippen LogP contribution in [0.3, 0.4) is 0 Å². The standard InChI is InChI=1S/C21H25ClN4O3S2.2ClH/c1-23-21-25(2)13-20(30-21)26-9-4-3-5-17(26)18(27)8-10-31(28,29)19-12-14-11-15(22)6-7-16(14)24-19;;/h6-7,11-13,17,24H,3-5,8-10H2,1-2H3;2*1H. The molecule has 2 aromatic heterocycles. The molecule has 0 bridgehead atoms. The summed E-state index contributed by atoms with van der Waals surface area (Å²) >= 11 is 7.54. The number of nitrogens with zero attached hydrogens (tertiary/aromatic N) is 3. The molecule has 3 heterocycles. The number of hydrogen-bond donors (Lipinski definition) is 1. The van der Waals surface area contributed by atoms with E-state index in [9.17, 15) is 13.2 Å². The number of nitrogens with one attached hydrogen (secondary N) is 1. The highest BCUT2D eigenvalue weighted by atomic mass is 35.5. The lowest BCUT2D eigenvalue weighted by Crippen LogP contribution is -2.45. The third-order valence-electron chi connectivity index (χ3n) is 5.66. The molecule has 182 valence electrons. The number of anilines is 1. The molecule has 0 aliphatic carbocycles. The molecule has 1 saturated heterocycles. The molecule has 33 heavy (non-hydrogen) atoms. The Balaban J connectivity index is 0.00000193. The van der Waals surface area contributed by atoms with Crippen molar-refractivity contribution in [2.24, 2.45) is 12.0 Å². The second kappa shape index (κ2) is 11.3. The van der Waals surface area contributed by atoms with Gasteiger partial charge in [-0.2, -0.15) is 0 Å². The number of halogens is 3. The highest BCUT2D eigenvalue weighted by molar-refractivity contribution is 7.91. The number of fused-ring (bicyclic) bond motifs is 1. The Labute approximate surface area is 214 Å². The van der Waals surface area contributed by atoms with Crippen LogP contribution in [-0.2, 0) is 21.7 Å². The molecule has 1 aliphatic heterocycles. The second-order valence-electron chi connectivity index (χ2n) is 7.79. The fourth-order valence-electron chi connectivity index (χ4n) is 4.03. The topological polar surface area (TPSA) is 87.5 Å². The van der Waals surface area contributed by atoms with Crippen LogP contribution in [0, 0.1) is 0 Å². The Hall–Kier alpha value is -1.52. The third-order valence-corrected chi connectivity index (χ3v) is 8.73. The number of aromatic amines is 1. The first-order valence-electron chi connectivity index (χ1n) is 10.2. The summed E-state index contributed by atoms with van der Waals surface area (Å²) in [5, 5.41) is 2.40. The van der Waals surface area contributed by atoms with Gasteiger partial charge in [-0.3, -0.25) is 9.79 Å². The Kier molecular flexibility index (Phi) is 9.47. The molecule has 4 rings (SSSR count). The van der Waals surface area contributed by atoms with E-state index in [1.807, 2.05) is 17.8 Å². The third kappa shape index (κ3) is 5.95. The van der Waals surface area contributed by atoms with Crippen molar-refractivity contribution in [1.29, 1.82) is 0 Å². The van der Waals surface area contributed by atoms with Crippen LogP contribution in [0.25, 0.3) is 10.9 Å². The number of aromatic nitrogens is 2. The Morgan fingerprint density at radius 1 is 1.27 bits per heavy atom. The number of piperidine rings is 1. The molecule has 0 saturated carbocycles. The summed E-state index contributed by atoms with van der Waals surface area (Å²) in [5.74, 6) is -0.252. The molecule has 0 amide bonds. The number of thiazole rings is 1. The second-order valence-corrected chi connectivity index (χ2v) is 11.3. The molecule has 12 heteroatoms. The first-order valence-corrected chi connectivity index (χ1v) is 13.0. The smallest absolute Gasteiger partial charge is 0.194 e. The van der Waals surface area contributed by atoms with Gasteiger partial charge in [-0.15, -0.1) is 24.8 Å². The van der Waals surface area contributed by atoms with E-state index in [1.54, 1.807) is 42.6 Å². The Morgan fingerprint density at radius 3 is 2.73 bits per heavy atom. The van der Waals surface area contributed by atoms with Gasteiger partial charge in [0, 0.05) is 49.2 Å². The van der Waals surface area contributed by atoms with Gasteiger partial charge in [0.25, 0.3) is 0 Å². The number of carbonyl (C=O) groups is 1. The summed E-state index contributed by atoms with van der Waals surface area (Å²) < 4.78 is 27.7. The molecule has 1 N–H and O–H groups in total. The average molecular weight is 554 g/mol. The molecule has 7 nitrogen and oxygen atoms in total. The molecule has 3 aromatic rings.